The number of fused-ring (bicyclic) bond motifs is 2. The molecule has 7 heteroatoms. The quantitative estimate of drug-likeness (QED) is 0.175. The molecule has 8 rings (SSSR count). The maximum absolute atomic E-state index is 5.04. The molecule has 2 unspecified atom stereocenters. The van der Waals surface area contributed by atoms with Crippen LogP contribution >= 0.6 is 0 Å². The largest absolute Gasteiger partial charge is 0.357 e. The van der Waals surface area contributed by atoms with Crippen LogP contribution in [0.1, 0.15) is 98.0 Å². The number of hydrogen-bond acceptors (Lipinski definition) is 5. The smallest absolute Gasteiger partial charge is 0.124 e. The number of nitrogens with zero attached hydrogens (tertiary/aromatic N) is 3. The Kier molecular flexibility index (Phi) is 6.38. The molecule has 4 atom stereocenters. The van der Waals surface area contributed by atoms with Crippen molar-refractivity contribution in [3.8, 4) is 0 Å². The third-order valence-corrected chi connectivity index (χ3v) is 9.64. The van der Waals surface area contributed by atoms with E-state index in [4.69, 9.17) is 9.97 Å². The predicted octanol–water partition coefficient (Wildman–Crippen LogP) is 7.40. The van der Waals surface area contributed by atoms with Crippen molar-refractivity contribution in [3.05, 3.63) is 95.6 Å². The fourth-order valence-electron chi connectivity index (χ4n) is 7.41. The summed E-state index contributed by atoms with van der Waals surface area (Å²) < 4.78 is 0. The molecule has 0 radical (unpaired) electrons. The summed E-state index contributed by atoms with van der Waals surface area (Å²) in [6.45, 7) is 8.36. The fraction of sp³-hybridized carbons (Fsp3) is 0.371. The van der Waals surface area contributed by atoms with Gasteiger partial charge in [-0.05, 0) is 112 Å². The van der Waals surface area contributed by atoms with Crippen LogP contribution in [0.4, 0.5) is 5.69 Å². The van der Waals surface area contributed by atoms with Gasteiger partial charge >= 0.3 is 0 Å². The van der Waals surface area contributed by atoms with Crippen LogP contribution in [0.3, 0.4) is 0 Å². The Hall–Kier alpha value is -3.94. The van der Waals surface area contributed by atoms with Gasteiger partial charge in [0.15, 0.2) is 0 Å². The van der Waals surface area contributed by atoms with Gasteiger partial charge in [0.1, 0.15) is 11.6 Å². The highest BCUT2D eigenvalue weighted by Crippen LogP contribution is 2.47. The summed E-state index contributed by atoms with van der Waals surface area (Å²) in [5.74, 6) is 2.13. The molecule has 3 aliphatic rings. The number of aromatic amines is 2. The minimum atomic E-state index is 0.257. The zero-order chi connectivity index (χ0) is 28.2. The van der Waals surface area contributed by atoms with E-state index < -0.39 is 0 Å². The van der Waals surface area contributed by atoms with E-state index in [0.29, 0.717) is 12.1 Å². The van der Waals surface area contributed by atoms with E-state index in [1.54, 1.807) is 0 Å². The molecule has 0 saturated carbocycles. The molecule has 42 heavy (non-hydrogen) atoms. The molecule has 0 amide bonds. The summed E-state index contributed by atoms with van der Waals surface area (Å²) in [5.41, 5.74) is 10.5. The van der Waals surface area contributed by atoms with Gasteiger partial charge in [-0.1, -0.05) is 36.4 Å². The lowest BCUT2D eigenvalue weighted by atomic mass is 10.0. The number of aromatic nitrogens is 4. The molecule has 3 aromatic carbocycles. The van der Waals surface area contributed by atoms with Gasteiger partial charge in [0, 0.05) is 5.69 Å². The first kappa shape index (κ1) is 25.7. The third kappa shape index (κ3) is 4.52. The SMILES string of the molecule is C=C(C)c1ccc(N2C(c3ccc4[nH]c([C@@H]5CCCN5)nc4c3)CCC2c2ccc3[nH]c([C@@H]4CCCN4)nc3c2)cc1. The number of nitrogens with one attached hydrogen (secondary N) is 4. The van der Waals surface area contributed by atoms with Crippen molar-refractivity contribution in [3.63, 3.8) is 0 Å². The van der Waals surface area contributed by atoms with Crippen LogP contribution in [0.15, 0.2) is 67.2 Å². The van der Waals surface area contributed by atoms with Crippen molar-refractivity contribution in [1.82, 2.24) is 30.6 Å². The van der Waals surface area contributed by atoms with Crippen molar-refractivity contribution in [1.29, 1.82) is 0 Å². The number of H-pyrrole nitrogens is 2. The Morgan fingerprint density at radius 2 is 1.24 bits per heavy atom. The van der Waals surface area contributed by atoms with Crippen LogP contribution in [-0.2, 0) is 0 Å². The standard InChI is InChI=1S/C35H39N7/c1-21(2)22-7-11-25(12-8-22)42-32(23-9-13-26-30(19-23)40-34(38-26)28-5-3-17-36-28)15-16-33(42)24-10-14-27-31(20-24)41-35(39-27)29-6-4-18-37-29/h7-14,19-20,28-29,32-33,36-37H,1,3-6,15-18H2,2H3,(H,38,40)(H,39,41)/t28-,29-,32?,33?/m0/s1. The van der Waals surface area contributed by atoms with Crippen molar-refractivity contribution < 1.29 is 0 Å². The molecule has 5 heterocycles. The van der Waals surface area contributed by atoms with E-state index in [1.165, 1.54) is 35.2 Å². The summed E-state index contributed by atoms with van der Waals surface area (Å²) in [6, 6.07) is 23.8. The Labute approximate surface area is 246 Å². The highest BCUT2D eigenvalue weighted by molar-refractivity contribution is 5.78. The molecule has 3 saturated heterocycles. The van der Waals surface area contributed by atoms with Gasteiger partial charge in [0.2, 0.25) is 0 Å². The molecule has 4 N–H and O–H groups in total. The molecule has 2 aromatic heterocycles. The van der Waals surface area contributed by atoms with E-state index >= 15 is 0 Å². The van der Waals surface area contributed by atoms with Crippen LogP contribution in [0, 0.1) is 0 Å². The van der Waals surface area contributed by atoms with Crippen molar-refractivity contribution >= 4 is 33.3 Å². The Morgan fingerprint density at radius 3 is 1.69 bits per heavy atom. The van der Waals surface area contributed by atoms with E-state index in [0.717, 1.165) is 78.1 Å². The molecule has 3 aliphatic heterocycles. The molecular weight excluding hydrogens is 518 g/mol. The van der Waals surface area contributed by atoms with Gasteiger partial charge in [-0.15, -0.1) is 0 Å². The van der Waals surface area contributed by atoms with Gasteiger partial charge < -0.3 is 25.5 Å². The van der Waals surface area contributed by atoms with Crippen molar-refractivity contribution in [2.45, 2.75) is 69.6 Å². The predicted molar refractivity (Wildman–Crippen MR) is 170 cm³/mol. The molecular formula is C35H39N7. The molecule has 0 spiro atoms. The third-order valence-electron chi connectivity index (χ3n) is 9.64. The van der Waals surface area contributed by atoms with Gasteiger partial charge in [0.25, 0.3) is 0 Å². The minimum Gasteiger partial charge on any atom is -0.357 e. The van der Waals surface area contributed by atoms with E-state index in [2.05, 4.69) is 99.7 Å². The van der Waals surface area contributed by atoms with Crippen molar-refractivity contribution in [2.75, 3.05) is 18.0 Å². The molecule has 0 bridgehead atoms. The van der Waals surface area contributed by atoms with Crippen LogP contribution in [0.2, 0.25) is 0 Å². The van der Waals surface area contributed by atoms with Crippen molar-refractivity contribution in [2.24, 2.45) is 0 Å². The Balaban J connectivity index is 1.16. The first-order valence-electron chi connectivity index (χ1n) is 15.6. The topological polar surface area (TPSA) is 84.7 Å². The van der Waals surface area contributed by atoms with Crippen LogP contribution < -0.4 is 15.5 Å². The summed E-state index contributed by atoms with van der Waals surface area (Å²) >= 11 is 0. The zero-order valence-electron chi connectivity index (χ0n) is 24.3. The second-order valence-corrected chi connectivity index (χ2v) is 12.4. The second-order valence-electron chi connectivity index (χ2n) is 12.4. The summed E-state index contributed by atoms with van der Waals surface area (Å²) in [7, 11) is 0. The van der Waals surface area contributed by atoms with Crippen LogP contribution in [-0.4, -0.2) is 33.0 Å². The van der Waals surface area contributed by atoms with E-state index in [-0.39, 0.29) is 12.1 Å². The van der Waals surface area contributed by atoms with Crippen LogP contribution in [0.25, 0.3) is 27.6 Å². The summed E-state index contributed by atoms with van der Waals surface area (Å²) in [6.07, 6.45) is 6.86. The molecule has 0 aliphatic carbocycles. The maximum atomic E-state index is 5.04. The fourth-order valence-corrected chi connectivity index (χ4v) is 7.41. The zero-order valence-corrected chi connectivity index (χ0v) is 24.3. The second kappa shape index (κ2) is 10.4. The Bertz CT molecular complexity index is 1650. The van der Waals surface area contributed by atoms with Gasteiger partial charge in [-0.3, -0.25) is 0 Å². The minimum absolute atomic E-state index is 0.257. The number of benzene rings is 3. The normalized spacial score (nSPS) is 24.4. The van der Waals surface area contributed by atoms with Gasteiger partial charge in [-0.25, -0.2) is 9.97 Å². The number of anilines is 1. The lowest BCUT2D eigenvalue weighted by molar-refractivity contribution is 0.614. The number of rotatable bonds is 6. The maximum Gasteiger partial charge on any atom is 0.124 e. The lowest BCUT2D eigenvalue weighted by Gasteiger charge is -2.33. The summed E-state index contributed by atoms with van der Waals surface area (Å²) in [4.78, 5) is 19.9. The van der Waals surface area contributed by atoms with E-state index in [1.807, 2.05) is 0 Å². The number of hydrogen-bond donors (Lipinski definition) is 4. The monoisotopic (exact) mass is 557 g/mol. The number of imidazole rings is 2. The molecule has 7 nitrogen and oxygen atoms in total. The number of allylic oxidation sites excluding steroid dienone is 1. The molecule has 3 fully saturated rings. The molecule has 214 valence electrons. The van der Waals surface area contributed by atoms with Gasteiger partial charge in [0.05, 0.1) is 46.2 Å². The molecule has 5 aromatic rings. The average molecular weight is 558 g/mol. The average Bonchev–Trinajstić information content (AvgIpc) is 3.84. The first-order valence-corrected chi connectivity index (χ1v) is 15.6. The summed E-state index contributed by atoms with van der Waals surface area (Å²) in [5, 5.41) is 7.16. The van der Waals surface area contributed by atoms with Gasteiger partial charge in [-0.2, -0.15) is 0 Å². The van der Waals surface area contributed by atoms with Crippen LogP contribution in [0.5, 0.6) is 0 Å². The Morgan fingerprint density at radius 1 is 0.714 bits per heavy atom. The highest BCUT2D eigenvalue weighted by Gasteiger charge is 2.36. The lowest BCUT2D eigenvalue weighted by Crippen LogP contribution is -2.26. The highest BCUT2D eigenvalue weighted by atomic mass is 15.2. The van der Waals surface area contributed by atoms with E-state index in [9.17, 15) is 0 Å². The first-order chi connectivity index (χ1) is 20.6.